The topological polar surface area (TPSA) is 65.4 Å². The maximum atomic E-state index is 9.00. The van der Waals surface area contributed by atoms with Crippen molar-refractivity contribution in [1.29, 1.82) is 0 Å². The zero-order valence-corrected chi connectivity index (χ0v) is 8.27. The molecule has 1 aromatic rings. The van der Waals surface area contributed by atoms with Crippen molar-refractivity contribution < 1.29 is 10.2 Å². The molecule has 1 aromatic heterocycles. The summed E-state index contributed by atoms with van der Waals surface area (Å²) < 4.78 is 0. The second-order valence-corrected chi connectivity index (χ2v) is 3.18. The predicted octanol–water partition coefficient (Wildman–Crippen LogP) is 0.648. The molecule has 0 aromatic carbocycles. The molecule has 3 N–H and O–H groups in total. The molecule has 0 spiro atoms. The predicted molar refractivity (Wildman–Crippen MR) is 53.9 cm³/mol. The molecule has 0 aliphatic heterocycles. The summed E-state index contributed by atoms with van der Waals surface area (Å²) in [6.07, 6.45) is 2.30. The van der Waals surface area contributed by atoms with Crippen molar-refractivity contribution in [2.24, 2.45) is 0 Å². The summed E-state index contributed by atoms with van der Waals surface area (Å²) in [5, 5.41) is 21.1. The van der Waals surface area contributed by atoms with E-state index >= 15 is 0 Å². The molecule has 0 saturated heterocycles. The van der Waals surface area contributed by atoms with Gasteiger partial charge in [0.25, 0.3) is 0 Å². The summed E-state index contributed by atoms with van der Waals surface area (Å²) in [5.74, 6) is 0.169. The van der Waals surface area contributed by atoms with Gasteiger partial charge in [-0.25, -0.2) is 0 Å². The van der Waals surface area contributed by atoms with E-state index in [9.17, 15) is 0 Å². The van der Waals surface area contributed by atoms with Gasteiger partial charge in [0.15, 0.2) is 0 Å². The highest BCUT2D eigenvalue weighted by Gasteiger charge is 2.03. The first-order chi connectivity index (χ1) is 6.76. The van der Waals surface area contributed by atoms with Crippen molar-refractivity contribution in [3.05, 3.63) is 24.0 Å². The van der Waals surface area contributed by atoms with Crippen molar-refractivity contribution in [3.8, 4) is 5.75 Å². The van der Waals surface area contributed by atoms with Gasteiger partial charge in [0.1, 0.15) is 5.75 Å². The fourth-order valence-corrected chi connectivity index (χ4v) is 1.11. The number of aromatic nitrogens is 1. The van der Waals surface area contributed by atoms with Crippen LogP contribution in [-0.2, 0) is 6.54 Å². The van der Waals surface area contributed by atoms with E-state index in [1.165, 1.54) is 6.20 Å². The fraction of sp³-hybridized carbons (Fsp3) is 0.500. The SMILES string of the molecule is CC[C@@H](CO)NCc1ccc(O)cn1. The first-order valence-corrected chi connectivity index (χ1v) is 4.74. The lowest BCUT2D eigenvalue weighted by Gasteiger charge is -2.13. The Hall–Kier alpha value is -1.13. The van der Waals surface area contributed by atoms with Gasteiger partial charge >= 0.3 is 0 Å². The van der Waals surface area contributed by atoms with Gasteiger partial charge in [0.05, 0.1) is 18.5 Å². The summed E-state index contributed by atoms with van der Waals surface area (Å²) in [6, 6.07) is 3.47. The molecule has 0 amide bonds. The summed E-state index contributed by atoms with van der Waals surface area (Å²) in [6.45, 7) is 2.76. The molecule has 0 saturated carbocycles. The summed E-state index contributed by atoms with van der Waals surface area (Å²) in [5.41, 5.74) is 0.856. The van der Waals surface area contributed by atoms with E-state index in [0.717, 1.165) is 12.1 Å². The zero-order valence-electron chi connectivity index (χ0n) is 8.27. The number of aliphatic hydroxyl groups is 1. The van der Waals surface area contributed by atoms with E-state index < -0.39 is 0 Å². The third-order valence-electron chi connectivity index (χ3n) is 2.09. The largest absolute Gasteiger partial charge is 0.506 e. The van der Waals surface area contributed by atoms with Crippen LogP contribution in [-0.4, -0.2) is 27.8 Å². The Morgan fingerprint density at radius 3 is 2.79 bits per heavy atom. The number of aliphatic hydroxyl groups excluding tert-OH is 1. The number of nitrogens with one attached hydrogen (secondary N) is 1. The Balaban J connectivity index is 2.41. The molecule has 14 heavy (non-hydrogen) atoms. The van der Waals surface area contributed by atoms with Crippen LogP contribution in [0, 0.1) is 0 Å². The second kappa shape index (κ2) is 5.57. The fourth-order valence-electron chi connectivity index (χ4n) is 1.11. The minimum absolute atomic E-state index is 0.116. The van der Waals surface area contributed by atoms with Crippen molar-refractivity contribution >= 4 is 0 Å². The van der Waals surface area contributed by atoms with Crippen LogP contribution in [0.5, 0.6) is 5.75 Å². The van der Waals surface area contributed by atoms with Crippen LogP contribution in [0.1, 0.15) is 19.0 Å². The molecular formula is C10H16N2O2. The van der Waals surface area contributed by atoms with E-state index in [1.807, 2.05) is 6.92 Å². The smallest absolute Gasteiger partial charge is 0.133 e. The lowest BCUT2D eigenvalue weighted by Crippen LogP contribution is -2.31. The van der Waals surface area contributed by atoms with Gasteiger partial charge < -0.3 is 15.5 Å². The highest BCUT2D eigenvalue weighted by molar-refractivity contribution is 5.17. The molecule has 0 fully saturated rings. The van der Waals surface area contributed by atoms with E-state index in [4.69, 9.17) is 10.2 Å². The average Bonchev–Trinajstić information content (AvgIpc) is 2.22. The minimum Gasteiger partial charge on any atom is -0.506 e. The minimum atomic E-state index is 0.116. The Kier molecular flexibility index (Phi) is 4.35. The average molecular weight is 196 g/mol. The van der Waals surface area contributed by atoms with Gasteiger partial charge in [-0.05, 0) is 18.6 Å². The zero-order chi connectivity index (χ0) is 10.4. The first kappa shape index (κ1) is 10.9. The molecule has 1 heterocycles. The molecule has 0 radical (unpaired) electrons. The quantitative estimate of drug-likeness (QED) is 0.647. The van der Waals surface area contributed by atoms with Crippen molar-refractivity contribution in [1.82, 2.24) is 10.3 Å². The van der Waals surface area contributed by atoms with E-state index in [-0.39, 0.29) is 18.4 Å². The Labute approximate surface area is 83.6 Å². The normalized spacial score (nSPS) is 12.7. The summed E-state index contributed by atoms with van der Waals surface area (Å²) in [4.78, 5) is 4.02. The maximum Gasteiger partial charge on any atom is 0.133 e. The maximum absolute atomic E-state index is 9.00. The van der Waals surface area contributed by atoms with Gasteiger partial charge in [0.2, 0.25) is 0 Å². The van der Waals surface area contributed by atoms with Crippen LogP contribution >= 0.6 is 0 Å². The number of hydrogen-bond acceptors (Lipinski definition) is 4. The standard InChI is InChI=1S/C10H16N2O2/c1-2-8(7-13)11-5-9-3-4-10(14)6-12-9/h3-4,6,8,11,13-14H,2,5,7H2,1H3/t8-/m0/s1. The van der Waals surface area contributed by atoms with Crippen LogP contribution in [0.25, 0.3) is 0 Å². The highest BCUT2D eigenvalue weighted by Crippen LogP contribution is 2.05. The van der Waals surface area contributed by atoms with Gasteiger partial charge in [-0.1, -0.05) is 6.92 Å². The molecule has 4 heteroatoms. The molecule has 0 unspecified atom stereocenters. The van der Waals surface area contributed by atoms with Crippen molar-refractivity contribution in [3.63, 3.8) is 0 Å². The number of aromatic hydroxyl groups is 1. The van der Waals surface area contributed by atoms with Gasteiger partial charge in [-0.3, -0.25) is 4.98 Å². The third kappa shape index (κ3) is 3.32. The summed E-state index contributed by atoms with van der Waals surface area (Å²) in [7, 11) is 0. The van der Waals surface area contributed by atoms with Gasteiger partial charge in [0, 0.05) is 12.6 Å². The molecular weight excluding hydrogens is 180 g/mol. The van der Waals surface area contributed by atoms with Gasteiger partial charge in [-0.2, -0.15) is 0 Å². The molecule has 4 nitrogen and oxygen atoms in total. The van der Waals surface area contributed by atoms with Crippen LogP contribution in [0.4, 0.5) is 0 Å². The van der Waals surface area contributed by atoms with E-state index in [2.05, 4.69) is 10.3 Å². The van der Waals surface area contributed by atoms with Crippen LogP contribution < -0.4 is 5.32 Å². The molecule has 1 rings (SSSR count). The monoisotopic (exact) mass is 196 g/mol. The number of rotatable bonds is 5. The molecule has 78 valence electrons. The van der Waals surface area contributed by atoms with Gasteiger partial charge in [-0.15, -0.1) is 0 Å². The molecule has 1 atom stereocenters. The Bertz CT molecular complexity index is 257. The Morgan fingerprint density at radius 2 is 2.29 bits per heavy atom. The van der Waals surface area contributed by atoms with Crippen LogP contribution in [0.3, 0.4) is 0 Å². The van der Waals surface area contributed by atoms with Crippen LogP contribution in [0.2, 0.25) is 0 Å². The lowest BCUT2D eigenvalue weighted by molar-refractivity contribution is 0.238. The van der Waals surface area contributed by atoms with E-state index in [1.54, 1.807) is 12.1 Å². The van der Waals surface area contributed by atoms with Crippen LogP contribution in [0.15, 0.2) is 18.3 Å². The Morgan fingerprint density at radius 1 is 1.50 bits per heavy atom. The van der Waals surface area contributed by atoms with Crippen molar-refractivity contribution in [2.75, 3.05) is 6.61 Å². The third-order valence-corrected chi connectivity index (χ3v) is 2.09. The van der Waals surface area contributed by atoms with E-state index in [0.29, 0.717) is 6.54 Å². The number of nitrogens with zero attached hydrogens (tertiary/aromatic N) is 1. The number of hydrogen-bond donors (Lipinski definition) is 3. The second-order valence-electron chi connectivity index (χ2n) is 3.18. The summed E-state index contributed by atoms with van der Waals surface area (Å²) >= 11 is 0. The molecule has 0 bridgehead atoms. The number of pyridine rings is 1. The van der Waals surface area contributed by atoms with Crippen molar-refractivity contribution in [2.45, 2.75) is 25.9 Å². The lowest BCUT2D eigenvalue weighted by atomic mass is 10.2. The highest BCUT2D eigenvalue weighted by atomic mass is 16.3. The molecule has 0 aliphatic carbocycles. The molecule has 0 aliphatic rings. The first-order valence-electron chi connectivity index (χ1n) is 4.74.